The third-order valence-electron chi connectivity index (χ3n) is 4.55. The van der Waals surface area contributed by atoms with Crippen LogP contribution in [-0.4, -0.2) is 21.1 Å². The Bertz CT molecular complexity index is 1100. The molecule has 0 saturated carbocycles. The molecule has 2 aromatic carbocycles. The largest absolute Gasteiger partial charge is 0.369 e. The summed E-state index contributed by atoms with van der Waals surface area (Å²) in [6, 6.07) is 16.8. The zero-order valence-electron chi connectivity index (χ0n) is 14.8. The quantitative estimate of drug-likeness (QED) is 0.509. The molecule has 6 heteroatoms. The van der Waals surface area contributed by atoms with E-state index in [9.17, 15) is 4.79 Å². The topological polar surface area (TPSA) is 96.7 Å². The van der Waals surface area contributed by atoms with E-state index in [-0.39, 0.29) is 0 Å². The lowest BCUT2D eigenvalue weighted by Crippen LogP contribution is -2.27. The van der Waals surface area contributed by atoms with Crippen LogP contribution in [0.1, 0.15) is 17.3 Å². The van der Waals surface area contributed by atoms with Crippen molar-refractivity contribution in [2.45, 2.75) is 13.0 Å². The number of hydrogen-bond acceptors (Lipinski definition) is 4. The van der Waals surface area contributed by atoms with Crippen LogP contribution in [0, 0.1) is 6.92 Å². The number of amides is 1. The Morgan fingerprint density at radius 1 is 1.07 bits per heavy atom. The van der Waals surface area contributed by atoms with E-state index in [2.05, 4.69) is 26.6 Å². The molecule has 27 heavy (non-hydrogen) atoms. The highest BCUT2D eigenvalue weighted by atomic mass is 16.1. The number of nitrogens with two attached hydrogens (primary N) is 1. The van der Waals surface area contributed by atoms with Crippen molar-refractivity contribution >= 4 is 22.5 Å². The minimum atomic E-state index is -0.623. The van der Waals surface area contributed by atoms with Gasteiger partial charge in [-0.2, -0.15) is 5.10 Å². The molecule has 0 radical (unpaired) electrons. The van der Waals surface area contributed by atoms with E-state index in [1.165, 1.54) is 0 Å². The molecule has 4 rings (SSSR count). The zero-order valence-corrected chi connectivity index (χ0v) is 14.8. The van der Waals surface area contributed by atoms with Gasteiger partial charge in [0.05, 0.1) is 23.1 Å². The fourth-order valence-corrected chi connectivity index (χ4v) is 3.13. The number of pyridine rings is 1. The van der Waals surface area contributed by atoms with Gasteiger partial charge in [-0.05, 0) is 36.2 Å². The molecule has 1 amide bonds. The number of aromatic amines is 1. The number of rotatable bonds is 5. The summed E-state index contributed by atoms with van der Waals surface area (Å²) in [6.07, 6.45) is 3.48. The summed E-state index contributed by atoms with van der Waals surface area (Å²) in [5.41, 5.74) is 11.1. The highest BCUT2D eigenvalue weighted by molar-refractivity contribution is 5.87. The highest BCUT2D eigenvalue weighted by Crippen LogP contribution is 2.27. The van der Waals surface area contributed by atoms with Gasteiger partial charge in [0.1, 0.15) is 6.04 Å². The van der Waals surface area contributed by atoms with E-state index in [1.807, 2.05) is 55.5 Å². The van der Waals surface area contributed by atoms with Crippen LogP contribution in [0.25, 0.3) is 22.0 Å². The molecule has 0 bridgehead atoms. The lowest BCUT2D eigenvalue weighted by Gasteiger charge is -2.17. The molecule has 4 aromatic rings. The van der Waals surface area contributed by atoms with Gasteiger partial charge in [0.2, 0.25) is 5.91 Å². The average molecular weight is 357 g/mol. The Morgan fingerprint density at radius 3 is 2.67 bits per heavy atom. The Morgan fingerprint density at radius 2 is 1.89 bits per heavy atom. The van der Waals surface area contributed by atoms with Crippen LogP contribution in [0.3, 0.4) is 0 Å². The third kappa shape index (κ3) is 3.37. The van der Waals surface area contributed by atoms with E-state index in [0.29, 0.717) is 0 Å². The predicted octanol–water partition coefficient (Wildman–Crippen LogP) is 3.57. The van der Waals surface area contributed by atoms with Gasteiger partial charge in [0.25, 0.3) is 0 Å². The SMILES string of the molecule is Cc1n[nH]c2ccc(-c3cncc(N[C@@H](C(N)=O)c4ccccc4)c3)cc12. The summed E-state index contributed by atoms with van der Waals surface area (Å²) in [5, 5.41) is 11.5. The molecule has 0 fully saturated rings. The lowest BCUT2D eigenvalue weighted by atomic mass is 10.0. The van der Waals surface area contributed by atoms with E-state index in [4.69, 9.17) is 5.73 Å². The van der Waals surface area contributed by atoms with E-state index >= 15 is 0 Å². The van der Waals surface area contributed by atoms with E-state index in [1.54, 1.807) is 12.4 Å². The average Bonchev–Trinajstić information content (AvgIpc) is 3.07. The summed E-state index contributed by atoms with van der Waals surface area (Å²) >= 11 is 0. The first kappa shape index (κ1) is 16.8. The Kier molecular flexibility index (Phi) is 4.30. The Hall–Kier alpha value is -3.67. The monoisotopic (exact) mass is 357 g/mol. The molecular formula is C21H19N5O. The number of aryl methyl sites for hydroxylation is 1. The summed E-state index contributed by atoms with van der Waals surface area (Å²) in [6.45, 7) is 1.97. The minimum Gasteiger partial charge on any atom is -0.369 e. The van der Waals surface area contributed by atoms with Gasteiger partial charge in [0, 0.05) is 17.1 Å². The molecule has 1 atom stereocenters. The second kappa shape index (κ2) is 6.92. The van der Waals surface area contributed by atoms with Gasteiger partial charge >= 0.3 is 0 Å². The second-order valence-corrected chi connectivity index (χ2v) is 6.42. The maximum absolute atomic E-state index is 11.9. The second-order valence-electron chi connectivity index (χ2n) is 6.42. The van der Waals surface area contributed by atoms with Crippen molar-refractivity contribution in [3.05, 3.63) is 78.2 Å². The number of aromatic nitrogens is 3. The van der Waals surface area contributed by atoms with Gasteiger partial charge in [0.15, 0.2) is 0 Å². The normalized spacial score (nSPS) is 12.0. The maximum Gasteiger partial charge on any atom is 0.244 e. The molecule has 0 aliphatic carbocycles. The van der Waals surface area contributed by atoms with Crippen LogP contribution in [0.15, 0.2) is 67.0 Å². The van der Waals surface area contributed by atoms with Gasteiger partial charge in [-0.1, -0.05) is 36.4 Å². The van der Waals surface area contributed by atoms with Crippen molar-refractivity contribution in [2.24, 2.45) is 5.73 Å². The van der Waals surface area contributed by atoms with Crippen molar-refractivity contribution in [2.75, 3.05) is 5.32 Å². The summed E-state index contributed by atoms with van der Waals surface area (Å²) < 4.78 is 0. The summed E-state index contributed by atoms with van der Waals surface area (Å²) in [4.78, 5) is 16.3. The Balaban J connectivity index is 1.67. The number of carbonyl (C=O) groups is 1. The molecule has 0 saturated heterocycles. The first-order chi connectivity index (χ1) is 13.1. The molecule has 2 heterocycles. The molecule has 0 unspecified atom stereocenters. The van der Waals surface area contributed by atoms with Crippen LogP contribution in [-0.2, 0) is 4.79 Å². The molecule has 134 valence electrons. The lowest BCUT2D eigenvalue weighted by molar-refractivity contribution is -0.118. The van der Waals surface area contributed by atoms with Crippen molar-refractivity contribution in [1.29, 1.82) is 0 Å². The maximum atomic E-state index is 11.9. The Labute approximate surface area is 156 Å². The molecule has 0 spiro atoms. The van der Waals surface area contributed by atoms with Gasteiger partial charge in [-0.15, -0.1) is 0 Å². The number of H-pyrrole nitrogens is 1. The molecular weight excluding hydrogens is 338 g/mol. The molecule has 6 nitrogen and oxygen atoms in total. The van der Waals surface area contributed by atoms with E-state index < -0.39 is 11.9 Å². The number of carbonyl (C=O) groups excluding carboxylic acids is 1. The number of nitrogens with one attached hydrogen (secondary N) is 2. The zero-order chi connectivity index (χ0) is 18.8. The fourth-order valence-electron chi connectivity index (χ4n) is 3.13. The molecule has 4 N–H and O–H groups in total. The van der Waals surface area contributed by atoms with Gasteiger partial charge < -0.3 is 11.1 Å². The molecule has 0 aliphatic heterocycles. The van der Waals surface area contributed by atoms with E-state index in [0.717, 1.165) is 39.0 Å². The van der Waals surface area contributed by atoms with Gasteiger partial charge in [-0.25, -0.2) is 0 Å². The highest BCUT2D eigenvalue weighted by Gasteiger charge is 2.17. The molecule has 0 aliphatic rings. The number of primary amides is 1. The summed E-state index contributed by atoms with van der Waals surface area (Å²) in [7, 11) is 0. The van der Waals surface area contributed by atoms with Crippen LogP contribution in [0.4, 0.5) is 5.69 Å². The van der Waals surface area contributed by atoms with Crippen molar-refractivity contribution in [3.8, 4) is 11.1 Å². The molecule has 2 aromatic heterocycles. The van der Waals surface area contributed by atoms with Crippen molar-refractivity contribution < 1.29 is 4.79 Å². The van der Waals surface area contributed by atoms with Crippen molar-refractivity contribution in [1.82, 2.24) is 15.2 Å². The number of fused-ring (bicyclic) bond motifs is 1. The third-order valence-corrected chi connectivity index (χ3v) is 4.55. The number of nitrogens with zero attached hydrogens (tertiary/aromatic N) is 2. The smallest absolute Gasteiger partial charge is 0.244 e. The van der Waals surface area contributed by atoms with Crippen molar-refractivity contribution in [3.63, 3.8) is 0 Å². The number of anilines is 1. The number of benzene rings is 2. The summed E-state index contributed by atoms with van der Waals surface area (Å²) in [5.74, 6) is -0.443. The van der Waals surface area contributed by atoms with Crippen LogP contribution in [0.2, 0.25) is 0 Å². The first-order valence-electron chi connectivity index (χ1n) is 8.63. The standard InChI is InChI=1S/C21H19N5O/c1-13-18-10-15(7-8-19(18)26-25-13)16-9-17(12-23-11-16)24-20(21(22)27)14-5-3-2-4-6-14/h2-12,20,24H,1H3,(H2,22,27)(H,25,26)/t20-/m1/s1. The predicted molar refractivity (Wildman–Crippen MR) is 106 cm³/mol. The van der Waals surface area contributed by atoms with Crippen LogP contribution in [0.5, 0.6) is 0 Å². The van der Waals surface area contributed by atoms with Crippen LogP contribution >= 0.6 is 0 Å². The fraction of sp³-hybridized carbons (Fsp3) is 0.0952. The van der Waals surface area contributed by atoms with Gasteiger partial charge in [-0.3, -0.25) is 14.9 Å². The minimum absolute atomic E-state index is 0.443. The first-order valence-corrected chi connectivity index (χ1v) is 8.63. The number of hydrogen-bond donors (Lipinski definition) is 3. The van der Waals surface area contributed by atoms with Crippen LogP contribution < -0.4 is 11.1 Å².